The van der Waals surface area contributed by atoms with Crippen molar-refractivity contribution >= 4 is 44.2 Å². The van der Waals surface area contributed by atoms with Gasteiger partial charge in [0.05, 0.1) is 29.6 Å². The van der Waals surface area contributed by atoms with Crippen LogP contribution in [0.4, 0.5) is 5.13 Å². The van der Waals surface area contributed by atoms with Gasteiger partial charge in [0.15, 0.2) is 5.13 Å². The lowest BCUT2D eigenvalue weighted by molar-refractivity contribution is -0.118. The predicted molar refractivity (Wildman–Crippen MR) is 125 cm³/mol. The molecule has 2 heterocycles. The van der Waals surface area contributed by atoms with E-state index in [1.165, 1.54) is 11.3 Å². The summed E-state index contributed by atoms with van der Waals surface area (Å²) in [7, 11) is 1.60. The highest BCUT2D eigenvalue weighted by Crippen LogP contribution is 2.38. The number of hydrogen-bond donors (Lipinski definition) is 0. The lowest BCUT2D eigenvalue weighted by Crippen LogP contribution is -2.33. The molecule has 0 bridgehead atoms. The Morgan fingerprint density at radius 1 is 1.29 bits per heavy atom. The molecule has 2 aromatic carbocycles. The number of imidazole rings is 1. The minimum atomic E-state index is 0.00498. The number of carbonyl (C=O) groups excluding carboxylic acids is 1. The van der Waals surface area contributed by atoms with Crippen LogP contribution >= 0.6 is 22.9 Å². The van der Waals surface area contributed by atoms with Crippen molar-refractivity contribution in [3.05, 3.63) is 71.3 Å². The van der Waals surface area contributed by atoms with E-state index in [-0.39, 0.29) is 5.91 Å². The second kappa shape index (κ2) is 9.49. The van der Waals surface area contributed by atoms with Crippen LogP contribution in [0.1, 0.15) is 17.5 Å². The summed E-state index contributed by atoms with van der Waals surface area (Å²) in [4.78, 5) is 23.9. The Morgan fingerprint density at radius 3 is 2.90 bits per heavy atom. The zero-order chi connectivity index (χ0) is 21.8. The summed E-state index contributed by atoms with van der Waals surface area (Å²) < 4.78 is 8.27. The summed E-state index contributed by atoms with van der Waals surface area (Å²) in [5.74, 6) is 0.650. The zero-order valence-corrected chi connectivity index (χ0v) is 19.0. The fourth-order valence-electron chi connectivity index (χ4n) is 3.47. The second-order valence-electron chi connectivity index (χ2n) is 7.29. The van der Waals surface area contributed by atoms with Gasteiger partial charge in [-0.05, 0) is 31.0 Å². The number of halogens is 1. The highest BCUT2D eigenvalue weighted by Gasteiger charge is 2.22. The van der Waals surface area contributed by atoms with Crippen molar-refractivity contribution in [2.45, 2.75) is 26.3 Å². The first-order chi connectivity index (χ1) is 15.0. The highest BCUT2D eigenvalue weighted by atomic mass is 35.5. The topological polar surface area (TPSA) is 60.2 Å². The average Bonchev–Trinajstić information content (AvgIpc) is 3.42. The molecule has 2 aromatic heterocycles. The first-order valence-electron chi connectivity index (χ1n) is 10.00. The summed E-state index contributed by atoms with van der Waals surface area (Å²) in [5.41, 5.74) is 2.80. The molecule has 0 saturated carbocycles. The van der Waals surface area contributed by atoms with Crippen molar-refractivity contribution in [3.8, 4) is 5.75 Å². The molecule has 1 amide bonds. The van der Waals surface area contributed by atoms with Crippen molar-refractivity contribution in [1.82, 2.24) is 14.5 Å². The van der Waals surface area contributed by atoms with Gasteiger partial charge in [0, 0.05) is 25.5 Å². The molecule has 31 heavy (non-hydrogen) atoms. The van der Waals surface area contributed by atoms with Crippen molar-refractivity contribution in [2.75, 3.05) is 18.6 Å². The van der Waals surface area contributed by atoms with Gasteiger partial charge in [-0.2, -0.15) is 0 Å². The third-order valence-corrected chi connectivity index (χ3v) is 6.53. The number of nitrogens with zero attached hydrogens (tertiary/aromatic N) is 4. The largest absolute Gasteiger partial charge is 0.494 e. The number of carbonyl (C=O) groups is 1. The summed E-state index contributed by atoms with van der Waals surface area (Å²) >= 11 is 7.82. The standard InChI is InChI=1S/C23H23ClN4O2S/c1-16-5-3-6-17(13-16)14-20(29)28(11-4-10-27-12-9-25-15-27)23-26-21-19(30-2)8-7-18(24)22(21)31-23/h3,5-9,12-13,15H,4,10-11,14H2,1-2H3. The summed E-state index contributed by atoms with van der Waals surface area (Å²) in [5, 5.41) is 1.23. The SMILES string of the molecule is COc1ccc(Cl)c2sc(N(CCCn3ccnc3)C(=O)Cc3cccc(C)c3)nc12. The fourth-order valence-corrected chi connectivity index (χ4v) is 4.77. The van der Waals surface area contributed by atoms with Gasteiger partial charge in [0.2, 0.25) is 5.91 Å². The maximum absolute atomic E-state index is 13.3. The minimum Gasteiger partial charge on any atom is -0.494 e. The highest BCUT2D eigenvalue weighted by molar-refractivity contribution is 7.23. The maximum atomic E-state index is 13.3. The molecular formula is C23H23ClN4O2S. The zero-order valence-electron chi connectivity index (χ0n) is 17.4. The average molecular weight is 455 g/mol. The Morgan fingerprint density at radius 2 is 2.16 bits per heavy atom. The summed E-state index contributed by atoms with van der Waals surface area (Å²) in [6, 6.07) is 11.6. The van der Waals surface area contributed by atoms with Crippen LogP contribution in [0.5, 0.6) is 5.75 Å². The van der Waals surface area contributed by atoms with Crippen molar-refractivity contribution in [2.24, 2.45) is 0 Å². The number of benzene rings is 2. The van der Waals surface area contributed by atoms with Crippen LogP contribution in [0.2, 0.25) is 5.02 Å². The van der Waals surface area contributed by atoms with E-state index in [2.05, 4.69) is 4.98 Å². The van der Waals surface area contributed by atoms with E-state index in [0.29, 0.717) is 34.4 Å². The molecule has 0 aliphatic rings. The molecule has 0 aliphatic heterocycles. The van der Waals surface area contributed by atoms with Gasteiger partial charge in [0.1, 0.15) is 11.3 Å². The van der Waals surface area contributed by atoms with Crippen LogP contribution in [0.15, 0.2) is 55.1 Å². The fraction of sp³-hybridized carbons (Fsp3) is 0.261. The number of methoxy groups -OCH3 is 1. The first kappa shape index (κ1) is 21.3. The number of ether oxygens (including phenoxy) is 1. The molecule has 6 nitrogen and oxygen atoms in total. The number of rotatable bonds is 8. The molecule has 160 valence electrons. The van der Waals surface area contributed by atoms with E-state index in [9.17, 15) is 4.79 Å². The van der Waals surface area contributed by atoms with E-state index >= 15 is 0 Å². The van der Waals surface area contributed by atoms with Gasteiger partial charge in [-0.15, -0.1) is 0 Å². The molecule has 0 saturated heterocycles. The third kappa shape index (κ3) is 4.89. The van der Waals surface area contributed by atoms with Crippen LogP contribution in [0, 0.1) is 6.92 Å². The van der Waals surface area contributed by atoms with Gasteiger partial charge in [-0.1, -0.05) is 52.8 Å². The number of aryl methyl sites for hydroxylation is 2. The van der Waals surface area contributed by atoms with Crippen molar-refractivity contribution < 1.29 is 9.53 Å². The minimum absolute atomic E-state index is 0.00498. The Kier molecular flexibility index (Phi) is 6.53. The van der Waals surface area contributed by atoms with E-state index < -0.39 is 0 Å². The quantitative estimate of drug-likeness (QED) is 0.370. The first-order valence-corrected chi connectivity index (χ1v) is 11.2. The molecule has 0 atom stereocenters. The Labute approximate surface area is 190 Å². The van der Waals surface area contributed by atoms with Crippen LogP contribution < -0.4 is 9.64 Å². The molecule has 0 spiro atoms. The van der Waals surface area contributed by atoms with Crippen molar-refractivity contribution in [3.63, 3.8) is 0 Å². The Balaban J connectivity index is 1.63. The lowest BCUT2D eigenvalue weighted by Gasteiger charge is -2.20. The number of amides is 1. The monoisotopic (exact) mass is 454 g/mol. The van der Waals surface area contributed by atoms with E-state index in [1.54, 1.807) is 36.7 Å². The van der Waals surface area contributed by atoms with Gasteiger partial charge in [-0.3, -0.25) is 9.69 Å². The van der Waals surface area contributed by atoms with Gasteiger partial charge in [-0.25, -0.2) is 9.97 Å². The second-order valence-corrected chi connectivity index (χ2v) is 8.67. The number of fused-ring (bicyclic) bond motifs is 1. The number of hydrogen-bond acceptors (Lipinski definition) is 5. The van der Waals surface area contributed by atoms with Gasteiger partial charge < -0.3 is 9.30 Å². The Bertz CT molecular complexity index is 1190. The molecule has 4 rings (SSSR count). The van der Waals surface area contributed by atoms with Crippen LogP contribution in [0.3, 0.4) is 0 Å². The lowest BCUT2D eigenvalue weighted by atomic mass is 10.1. The maximum Gasteiger partial charge on any atom is 0.233 e. The molecule has 0 aliphatic carbocycles. The van der Waals surface area contributed by atoms with E-state index in [1.807, 2.05) is 42.0 Å². The smallest absolute Gasteiger partial charge is 0.233 e. The number of aromatic nitrogens is 3. The van der Waals surface area contributed by atoms with E-state index in [4.69, 9.17) is 21.3 Å². The van der Waals surface area contributed by atoms with Crippen LogP contribution in [-0.4, -0.2) is 34.1 Å². The third-order valence-electron chi connectivity index (χ3n) is 4.99. The van der Waals surface area contributed by atoms with E-state index in [0.717, 1.165) is 28.8 Å². The molecule has 0 unspecified atom stereocenters. The molecule has 0 N–H and O–H groups in total. The Hall–Kier alpha value is -2.90. The van der Waals surface area contributed by atoms with Crippen LogP contribution in [0.25, 0.3) is 10.2 Å². The van der Waals surface area contributed by atoms with Crippen LogP contribution in [-0.2, 0) is 17.8 Å². The molecule has 8 heteroatoms. The van der Waals surface area contributed by atoms with Crippen molar-refractivity contribution in [1.29, 1.82) is 0 Å². The number of thiazole rings is 1. The van der Waals surface area contributed by atoms with Gasteiger partial charge >= 0.3 is 0 Å². The summed E-state index contributed by atoms with van der Waals surface area (Å²) in [6.07, 6.45) is 6.54. The molecule has 0 fully saturated rings. The molecule has 0 radical (unpaired) electrons. The molecular weight excluding hydrogens is 432 g/mol. The number of anilines is 1. The summed E-state index contributed by atoms with van der Waals surface area (Å²) in [6.45, 7) is 3.34. The predicted octanol–water partition coefficient (Wildman–Crippen LogP) is 5.13. The normalized spacial score (nSPS) is 11.1. The molecule has 4 aromatic rings. The van der Waals surface area contributed by atoms with Gasteiger partial charge in [0.25, 0.3) is 0 Å².